The minimum absolute atomic E-state index is 0.606. The van der Waals surface area contributed by atoms with Crippen LogP contribution in [-0.2, 0) is 4.79 Å². The zero-order valence-electron chi connectivity index (χ0n) is 7.42. The number of carboxylic acids is 1. The molecule has 0 amide bonds. The molecule has 0 saturated heterocycles. The third-order valence-electron chi connectivity index (χ3n) is 1.87. The molecule has 1 unspecified atom stereocenters. The Labute approximate surface area is 71.8 Å². The fourth-order valence-electron chi connectivity index (χ4n) is 0.663. The van der Waals surface area contributed by atoms with Crippen LogP contribution in [0.4, 0.5) is 0 Å². The molecule has 0 aliphatic carbocycles. The predicted molar refractivity (Wildman–Crippen MR) is 48.1 cm³/mol. The Morgan fingerprint density at radius 1 is 1.64 bits per heavy atom. The molecule has 0 saturated carbocycles. The van der Waals surface area contributed by atoms with Gasteiger partial charge in [-0.1, -0.05) is 0 Å². The molecule has 0 aromatic heterocycles. The maximum absolute atomic E-state index is 10.8. The largest absolute Gasteiger partial charge is 0.480 e. The zero-order chi connectivity index (χ0) is 9.07. The molecule has 66 valence electrons. The van der Waals surface area contributed by atoms with Crippen molar-refractivity contribution in [2.45, 2.75) is 12.5 Å². The maximum Gasteiger partial charge on any atom is 0.324 e. The molecule has 0 aromatic carbocycles. The highest BCUT2D eigenvalue weighted by atomic mass is 32.2. The van der Waals surface area contributed by atoms with E-state index in [0.717, 1.165) is 0 Å². The highest BCUT2D eigenvalue weighted by Gasteiger charge is 2.34. The predicted octanol–water partition coefficient (Wildman–Crippen LogP) is 0.754. The third kappa shape index (κ3) is 2.38. The summed E-state index contributed by atoms with van der Waals surface area (Å²) in [7, 11) is 3.56. The van der Waals surface area contributed by atoms with Gasteiger partial charge in [0.1, 0.15) is 5.54 Å². The van der Waals surface area contributed by atoms with Crippen LogP contribution < -0.4 is 0 Å². The minimum Gasteiger partial charge on any atom is -0.480 e. The molecule has 0 rings (SSSR count). The first-order valence-corrected chi connectivity index (χ1v) is 4.74. The standard InChI is InChI=1S/C7H15NO2S/c1-7(5-11-4,6(9)10)8(2)3/h5H2,1-4H3,(H,9,10). The molecule has 4 heteroatoms. The lowest BCUT2D eigenvalue weighted by molar-refractivity contribution is -0.147. The number of hydrogen-bond donors (Lipinski definition) is 1. The first-order chi connectivity index (χ1) is 4.95. The van der Waals surface area contributed by atoms with Gasteiger partial charge in [-0.2, -0.15) is 11.8 Å². The number of nitrogens with zero attached hydrogens (tertiary/aromatic N) is 1. The van der Waals surface area contributed by atoms with Crippen molar-refractivity contribution < 1.29 is 9.90 Å². The Bertz CT molecular complexity index is 149. The van der Waals surface area contributed by atoms with E-state index in [1.54, 1.807) is 37.7 Å². The molecule has 0 bridgehead atoms. The van der Waals surface area contributed by atoms with Crippen LogP contribution in [0.2, 0.25) is 0 Å². The summed E-state index contributed by atoms with van der Waals surface area (Å²) in [5.41, 5.74) is -0.737. The molecule has 0 fully saturated rings. The summed E-state index contributed by atoms with van der Waals surface area (Å²) in [6.07, 6.45) is 1.91. The molecule has 3 nitrogen and oxygen atoms in total. The Hall–Kier alpha value is -0.220. The van der Waals surface area contributed by atoms with Gasteiger partial charge in [0.05, 0.1) is 0 Å². The molecule has 0 aliphatic heterocycles. The molecule has 0 aliphatic rings. The van der Waals surface area contributed by atoms with Gasteiger partial charge in [0.25, 0.3) is 0 Å². The molecule has 0 aromatic rings. The Morgan fingerprint density at radius 2 is 2.09 bits per heavy atom. The lowest BCUT2D eigenvalue weighted by atomic mass is 10.1. The van der Waals surface area contributed by atoms with Crippen molar-refractivity contribution in [3.63, 3.8) is 0 Å². The molecule has 1 atom stereocenters. The highest BCUT2D eigenvalue weighted by molar-refractivity contribution is 7.98. The van der Waals surface area contributed by atoms with Crippen molar-refractivity contribution >= 4 is 17.7 Å². The van der Waals surface area contributed by atoms with Gasteiger partial charge >= 0.3 is 5.97 Å². The summed E-state index contributed by atoms with van der Waals surface area (Å²) in [5.74, 6) is -0.160. The van der Waals surface area contributed by atoms with E-state index < -0.39 is 11.5 Å². The van der Waals surface area contributed by atoms with Crippen molar-refractivity contribution in [1.29, 1.82) is 0 Å². The lowest BCUT2D eigenvalue weighted by Crippen LogP contribution is -2.50. The lowest BCUT2D eigenvalue weighted by Gasteiger charge is -2.31. The van der Waals surface area contributed by atoms with Crippen molar-refractivity contribution in [3.8, 4) is 0 Å². The number of hydrogen-bond acceptors (Lipinski definition) is 3. The van der Waals surface area contributed by atoms with Crippen LogP contribution >= 0.6 is 11.8 Å². The Kier molecular flexibility index (Phi) is 3.89. The summed E-state index contributed by atoms with van der Waals surface area (Å²) >= 11 is 1.54. The second kappa shape index (κ2) is 3.97. The van der Waals surface area contributed by atoms with E-state index in [0.29, 0.717) is 5.75 Å². The fraction of sp³-hybridized carbons (Fsp3) is 0.857. The average Bonchev–Trinajstić information content (AvgIpc) is 1.87. The average molecular weight is 177 g/mol. The van der Waals surface area contributed by atoms with E-state index in [-0.39, 0.29) is 0 Å². The minimum atomic E-state index is -0.767. The first-order valence-electron chi connectivity index (χ1n) is 3.35. The van der Waals surface area contributed by atoms with E-state index >= 15 is 0 Å². The van der Waals surface area contributed by atoms with Gasteiger partial charge in [0, 0.05) is 5.75 Å². The summed E-state index contributed by atoms with van der Waals surface area (Å²) < 4.78 is 0. The number of rotatable bonds is 4. The summed E-state index contributed by atoms with van der Waals surface area (Å²) in [4.78, 5) is 12.5. The Balaban J connectivity index is 4.38. The van der Waals surface area contributed by atoms with Gasteiger partial charge in [0.2, 0.25) is 0 Å². The number of likely N-dealkylation sites (N-methyl/N-ethyl adjacent to an activating group) is 1. The van der Waals surface area contributed by atoms with Crippen molar-refractivity contribution in [3.05, 3.63) is 0 Å². The topological polar surface area (TPSA) is 40.5 Å². The van der Waals surface area contributed by atoms with E-state index in [9.17, 15) is 4.79 Å². The van der Waals surface area contributed by atoms with E-state index in [1.165, 1.54) is 0 Å². The van der Waals surface area contributed by atoms with Gasteiger partial charge in [-0.25, -0.2) is 0 Å². The van der Waals surface area contributed by atoms with Crippen LogP contribution in [-0.4, -0.2) is 47.6 Å². The summed E-state index contributed by atoms with van der Waals surface area (Å²) in [6, 6.07) is 0. The number of carboxylic acid groups (broad SMARTS) is 1. The molecular weight excluding hydrogens is 162 g/mol. The molecule has 1 N–H and O–H groups in total. The third-order valence-corrected chi connectivity index (χ3v) is 2.72. The van der Waals surface area contributed by atoms with E-state index in [4.69, 9.17) is 5.11 Å². The molecule has 0 spiro atoms. The van der Waals surface area contributed by atoms with Crippen molar-refractivity contribution in [1.82, 2.24) is 4.90 Å². The molecule has 0 radical (unpaired) electrons. The smallest absolute Gasteiger partial charge is 0.324 e. The SMILES string of the molecule is CSCC(C)(C(=O)O)N(C)C. The number of aliphatic carboxylic acids is 1. The van der Waals surface area contributed by atoms with Gasteiger partial charge in [-0.05, 0) is 27.3 Å². The monoisotopic (exact) mass is 177 g/mol. The van der Waals surface area contributed by atoms with Gasteiger partial charge in [-0.15, -0.1) is 0 Å². The van der Waals surface area contributed by atoms with Crippen LogP contribution in [0.1, 0.15) is 6.92 Å². The van der Waals surface area contributed by atoms with E-state index in [1.807, 2.05) is 6.26 Å². The van der Waals surface area contributed by atoms with Gasteiger partial charge < -0.3 is 5.11 Å². The quantitative estimate of drug-likeness (QED) is 0.688. The highest BCUT2D eigenvalue weighted by Crippen LogP contribution is 2.16. The zero-order valence-corrected chi connectivity index (χ0v) is 8.23. The van der Waals surface area contributed by atoms with Crippen LogP contribution in [0.5, 0.6) is 0 Å². The van der Waals surface area contributed by atoms with Gasteiger partial charge in [-0.3, -0.25) is 9.69 Å². The van der Waals surface area contributed by atoms with Crippen molar-refractivity contribution in [2.75, 3.05) is 26.1 Å². The van der Waals surface area contributed by atoms with Crippen LogP contribution in [0.25, 0.3) is 0 Å². The van der Waals surface area contributed by atoms with Gasteiger partial charge in [0.15, 0.2) is 0 Å². The molecule has 11 heavy (non-hydrogen) atoms. The first kappa shape index (κ1) is 10.8. The number of carbonyl (C=O) groups is 1. The fourth-order valence-corrected chi connectivity index (χ4v) is 1.61. The van der Waals surface area contributed by atoms with E-state index in [2.05, 4.69) is 0 Å². The second-order valence-electron chi connectivity index (χ2n) is 2.91. The molecular formula is C7H15NO2S. The normalized spacial score (nSPS) is 16.5. The Morgan fingerprint density at radius 3 is 2.18 bits per heavy atom. The van der Waals surface area contributed by atoms with Crippen LogP contribution in [0.3, 0.4) is 0 Å². The molecule has 0 heterocycles. The number of thioether (sulfide) groups is 1. The summed E-state index contributed by atoms with van der Waals surface area (Å²) in [6.45, 7) is 1.73. The van der Waals surface area contributed by atoms with Crippen molar-refractivity contribution in [2.24, 2.45) is 0 Å². The second-order valence-corrected chi connectivity index (χ2v) is 3.77. The van der Waals surface area contributed by atoms with Crippen LogP contribution in [0.15, 0.2) is 0 Å². The van der Waals surface area contributed by atoms with Crippen LogP contribution in [0, 0.1) is 0 Å². The maximum atomic E-state index is 10.8. The summed E-state index contributed by atoms with van der Waals surface area (Å²) in [5, 5.41) is 8.88.